The zero-order valence-corrected chi connectivity index (χ0v) is 23.5. The Hall–Kier alpha value is -2.20. The molecule has 3 rings (SSSR count). The standard InChI is InChI=1S/C30H43N2O3P/c1-7-20-36(32(22(2)3)23(4)5)35-24(6)14-12-13-19-31-30(33)34-21-29-27-17-10-8-15-25(27)26-16-9-11-18-28(26)29/h7-11,15-18,22-24,29H,1,12-14,19-21H2,2-6H3,(H,31,33)/t24-,36?/m1/s1. The summed E-state index contributed by atoms with van der Waals surface area (Å²) in [6, 6.07) is 17.6. The molecule has 1 aliphatic carbocycles. The number of ether oxygens (including phenoxy) is 1. The minimum atomic E-state index is -0.698. The van der Waals surface area contributed by atoms with Crippen molar-refractivity contribution in [3.05, 3.63) is 72.3 Å². The number of carbonyl (C=O) groups is 1. The molecule has 2 aromatic rings. The number of carbonyl (C=O) groups excluding carboxylic acids is 1. The minimum Gasteiger partial charge on any atom is -0.449 e. The second-order valence-corrected chi connectivity index (χ2v) is 11.8. The minimum absolute atomic E-state index is 0.0860. The molecule has 36 heavy (non-hydrogen) atoms. The van der Waals surface area contributed by atoms with Crippen LogP contribution in [0.2, 0.25) is 0 Å². The molecule has 0 heterocycles. The van der Waals surface area contributed by atoms with Crippen molar-refractivity contribution in [3.63, 3.8) is 0 Å². The predicted octanol–water partition coefficient (Wildman–Crippen LogP) is 7.72. The largest absolute Gasteiger partial charge is 0.449 e. The van der Waals surface area contributed by atoms with Gasteiger partial charge in [0, 0.05) is 30.7 Å². The van der Waals surface area contributed by atoms with E-state index < -0.39 is 8.30 Å². The Kier molecular flexibility index (Phi) is 11.0. The third-order valence-electron chi connectivity index (χ3n) is 6.55. The third-order valence-corrected chi connectivity index (χ3v) is 9.17. The van der Waals surface area contributed by atoms with Crippen LogP contribution in [-0.2, 0) is 9.26 Å². The molecule has 0 saturated heterocycles. The van der Waals surface area contributed by atoms with Crippen molar-refractivity contribution in [2.75, 3.05) is 19.3 Å². The van der Waals surface area contributed by atoms with Crippen LogP contribution in [0.15, 0.2) is 61.2 Å². The molecule has 1 unspecified atom stereocenters. The van der Waals surface area contributed by atoms with Crippen molar-refractivity contribution in [2.24, 2.45) is 0 Å². The average Bonchev–Trinajstić information content (AvgIpc) is 3.16. The zero-order chi connectivity index (χ0) is 26.1. The first-order valence-electron chi connectivity index (χ1n) is 13.3. The first kappa shape index (κ1) is 28.4. The molecule has 196 valence electrons. The van der Waals surface area contributed by atoms with E-state index in [2.05, 4.69) is 87.6 Å². The lowest BCUT2D eigenvalue weighted by Crippen LogP contribution is -2.34. The van der Waals surface area contributed by atoms with Gasteiger partial charge in [-0.3, -0.25) is 4.67 Å². The van der Waals surface area contributed by atoms with Crippen LogP contribution in [-0.4, -0.2) is 48.3 Å². The van der Waals surface area contributed by atoms with E-state index in [1.807, 2.05) is 18.2 Å². The number of allylic oxidation sites excluding steroid dienone is 1. The number of benzene rings is 2. The normalized spacial score (nSPS) is 14.6. The number of amides is 1. The SMILES string of the molecule is C=CCP(O[C@H](C)CCCCNC(=O)OCC1c2ccccc2-c2ccccc21)N(C(C)C)C(C)C. The highest BCUT2D eigenvalue weighted by molar-refractivity contribution is 7.50. The fraction of sp³-hybridized carbons (Fsp3) is 0.500. The molecule has 1 aliphatic rings. The van der Waals surface area contributed by atoms with Crippen molar-refractivity contribution >= 4 is 14.4 Å². The van der Waals surface area contributed by atoms with E-state index in [9.17, 15) is 4.79 Å². The van der Waals surface area contributed by atoms with Gasteiger partial charge in [-0.25, -0.2) is 4.79 Å². The summed E-state index contributed by atoms with van der Waals surface area (Å²) in [5.41, 5.74) is 4.93. The molecule has 0 fully saturated rings. The van der Waals surface area contributed by atoms with Gasteiger partial charge in [0.1, 0.15) is 14.9 Å². The molecule has 0 saturated carbocycles. The summed E-state index contributed by atoms with van der Waals surface area (Å²) in [6.45, 7) is 15.9. The summed E-state index contributed by atoms with van der Waals surface area (Å²) in [6.07, 6.45) is 5.52. The lowest BCUT2D eigenvalue weighted by atomic mass is 9.98. The topological polar surface area (TPSA) is 50.8 Å². The fourth-order valence-electron chi connectivity index (χ4n) is 5.07. The molecule has 2 aromatic carbocycles. The van der Waals surface area contributed by atoms with Gasteiger partial charge >= 0.3 is 6.09 Å². The Balaban J connectivity index is 1.38. The predicted molar refractivity (Wildman–Crippen MR) is 152 cm³/mol. The van der Waals surface area contributed by atoms with E-state index >= 15 is 0 Å². The van der Waals surface area contributed by atoms with Crippen LogP contribution in [0.1, 0.15) is 70.9 Å². The molecule has 0 aromatic heterocycles. The van der Waals surface area contributed by atoms with Crippen LogP contribution in [0.3, 0.4) is 0 Å². The Bertz CT molecular complexity index is 940. The fourth-order valence-corrected chi connectivity index (χ4v) is 7.23. The first-order chi connectivity index (χ1) is 17.3. The Morgan fingerprint density at radius 2 is 1.58 bits per heavy atom. The molecule has 1 N–H and O–H groups in total. The number of hydrogen-bond acceptors (Lipinski definition) is 4. The molecular formula is C30H43N2O3P. The van der Waals surface area contributed by atoms with E-state index in [4.69, 9.17) is 9.26 Å². The monoisotopic (exact) mass is 510 g/mol. The summed E-state index contributed by atoms with van der Waals surface area (Å²) < 4.78 is 14.6. The second kappa shape index (κ2) is 13.9. The summed E-state index contributed by atoms with van der Waals surface area (Å²) in [7, 11) is -0.698. The van der Waals surface area contributed by atoms with E-state index in [0.29, 0.717) is 25.2 Å². The number of nitrogens with zero attached hydrogens (tertiary/aromatic N) is 1. The number of nitrogens with one attached hydrogen (secondary N) is 1. The molecule has 6 heteroatoms. The third kappa shape index (κ3) is 7.41. The number of hydrogen-bond donors (Lipinski definition) is 1. The molecule has 2 atom stereocenters. The van der Waals surface area contributed by atoms with Crippen LogP contribution >= 0.6 is 8.30 Å². The molecule has 1 amide bonds. The maximum atomic E-state index is 12.4. The smallest absolute Gasteiger partial charge is 0.407 e. The molecule has 0 bridgehead atoms. The van der Waals surface area contributed by atoms with E-state index in [1.54, 1.807) is 0 Å². The lowest BCUT2D eigenvalue weighted by Gasteiger charge is -2.38. The molecule has 0 aliphatic heterocycles. The maximum Gasteiger partial charge on any atom is 0.407 e. The number of fused-ring (bicyclic) bond motifs is 3. The number of rotatable bonds is 14. The van der Waals surface area contributed by atoms with Gasteiger partial charge in [-0.2, -0.15) is 0 Å². The molecule has 0 radical (unpaired) electrons. The quantitative estimate of drug-likeness (QED) is 0.161. The van der Waals surface area contributed by atoms with Crippen molar-refractivity contribution in [1.29, 1.82) is 0 Å². The van der Waals surface area contributed by atoms with Crippen LogP contribution in [0.5, 0.6) is 0 Å². The van der Waals surface area contributed by atoms with Gasteiger partial charge in [0.25, 0.3) is 0 Å². The maximum absolute atomic E-state index is 12.4. The van der Waals surface area contributed by atoms with Crippen molar-refractivity contribution in [3.8, 4) is 11.1 Å². The number of unbranched alkanes of at least 4 members (excludes halogenated alkanes) is 1. The van der Waals surface area contributed by atoms with Gasteiger partial charge in [-0.15, -0.1) is 6.58 Å². The van der Waals surface area contributed by atoms with E-state index in [-0.39, 0.29) is 18.1 Å². The van der Waals surface area contributed by atoms with Gasteiger partial charge in [0.05, 0.1) is 6.10 Å². The Morgan fingerprint density at radius 1 is 1.00 bits per heavy atom. The van der Waals surface area contributed by atoms with Crippen LogP contribution < -0.4 is 5.32 Å². The second-order valence-electron chi connectivity index (χ2n) is 10.1. The molecule has 0 spiro atoms. The molecule has 5 nitrogen and oxygen atoms in total. The highest BCUT2D eigenvalue weighted by Crippen LogP contribution is 2.46. The van der Waals surface area contributed by atoms with Crippen LogP contribution in [0.25, 0.3) is 11.1 Å². The zero-order valence-electron chi connectivity index (χ0n) is 22.6. The highest BCUT2D eigenvalue weighted by Gasteiger charge is 2.29. The number of alkyl carbamates (subject to hydrolysis) is 1. The van der Waals surface area contributed by atoms with Crippen LogP contribution in [0.4, 0.5) is 4.79 Å². The van der Waals surface area contributed by atoms with Gasteiger partial charge < -0.3 is 14.6 Å². The van der Waals surface area contributed by atoms with Gasteiger partial charge in [-0.1, -0.05) is 54.6 Å². The van der Waals surface area contributed by atoms with Crippen molar-refractivity contribution in [1.82, 2.24) is 9.99 Å². The Labute approximate surface area is 219 Å². The summed E-state index contributed by atoms with van der Waals surface area (Å²) in [5, 5.41) is 2.92. The van der Waals surface area contributed by atoms with Gasteiger partial charge in [0.2, 0.25) is 0 Å². The van der Waals surface area contributed by atoms with E-state index in [1.165, 1.54) is 22.3 Å². The van der Waals surface area contributed by atoms with Crippen molar-refractivity contribution in [2.45, 2.75) is 78.0 Å². The summed E-state index contributed by atoms with van der Waals surface area (Å²) in [5.74, 6) is 0.0860. The van der Waals surface area contributed by atoms with Crippen molar-refractivity contribution < 1.29 is 14.1 Å². The average molecular weight is 511 g/mol. The summed E-state index contributed by atoms with van der Waals surface area (Å²) in [4.78, 5) is 12.4. The highest BCUT2D eigenvalue weighted by atomic mass is 31.2. The van der Waals surface area contributed by atoms with Gasteiger partial charge in [-0.05, 0) is 76.1 Å². The first-order valence-corrected chi connectivity index (χ1v) is 14.7. The van der Waals surface area contributed by atoms with E-state index in [0.717, 1.165) is 25.4 Å². The molecular weight excluding hydrogens is 467 g/mol. The Morgan fingerprint density at radius 3 is 2.14 bits per heavy atom. The summed E-state index contributed by atoms with van der Waals surface area (Å²) >= 11 is 0. The lowest BCUT2D eigenvalue weighted by molar-refractivity contribution is 0.142. The van der Waals surface area contributed by atoms with Crippen LogP contribution in [0, 0.1) is 0 Å². The van der Waals surface area contributed by atoms with Gasteiger partial charge in [0.15, 0.2) is 0 Å².